The molecule has 2 aliphatic rings. The Morgan fingerprint density at radius 2 is 1.92 bits per heavy atom. The molecule has 2 heterocycles. The zero-order valence-electron chi connectivity index (χ0n) is 14.5. The Morgan fingerprint density at radius 3 is 2.62 bits per heavy atom. The monoisotopic (exact) mass is 398 g/mol. The third-order valence-electron chi connectivity index (χ3n) is 4.66. The van der Waals surface area contributed by atoms with E-state index in [0.29, 0.717) is 29.7 Å². The quantitative estimate of drug-likeness (QED) is 0.767. The van der Waals surface area contributed by atoms with Crippen LogP contribution in [0.3, 0.4) is 0 Å². The molecule has 1 atom stereocenters. The average Bonchev–Trinajstić information content (AvgIpc) is 2.62. The van der Waals surface area contributed by atoms with Crippen LogP contribution in [-0.4, -0.2) is 64.9 Å². The van der Waals surface area contributed by atoms with Crippen molar-refractivity contribution in [1.29, 1.82) is 0 Å². The Labute approximate surface area is 164 Å². The Bertz CT molecular complexity index is 673. The molecule has 2 aliphatic heterocycles. The van der Waals surface area contributed by atoms with Crippen LogP contribution >= 0.6 is 23.2 Å². The molecule has 142 valence electrons. The summed E-state index contributed by atoms with van der Waals surface area (Å²) in [4.78, 5) is 4.00. The summed E-state index contributed by atoms with van der Waals surface area (Å²) >= 11 is 12.0. The van der Waals surface area contributed by atoms with Crippen LogP contribution in [0.4, 0.5) is 0 Å². The van der Waals surface area contributed by atoms with Gasteiger partial charge in [-0.1, -0.05) is 35.4 Å². The van der Waals surface area contributed by atoms with Gasteiger partial charge in [-0.2, -0.15) is 0 Å². The molecule has 0 saturated carbocycles. The predicted molar refractivity (Wildman–Crippen MR) is 104 cm³/mol. The van der Waals surface area contributed by atoms with Crippen LogP contribution in [0.15, 0.2) is 42.3 Å². The summed E-state index contributed by atoms with van der Waals surface area (Å²) in [5.41, 5.74) is 0. The van der Waals surface area contributed by atoms with Crippen molar-refractivity contribution in [2.45, 2.75) is 25.0 Å². The Kier molecular flexibility index (Phi) is 6.70. The number of allylic oxidation sites excluding steroid dienone is 2. The maximum atomic E-state index is 10.3. The molecule has 1 saturated heterocycles. The highest BCUT2D eigenvalue weighted by atomic mass is 35.5. The van der Waals surface area contributed by atoms with Crippen LogP contribution in [0, 0.1) is 0 Å². The van der Waals surface area contributed by atoms with Crippen LogP contribution in [0.5, 0.6) is 5.75 Å². The maximum absolute atomic E-state index is 10.3. The van der Waals surface area contributed by atoms with Gasteiger partial charge in [0, 0.05) is 38.8 Å². The molecule has 0 radical (unpaired) electrons. The number of aliphatic hydroxyl groups excluding tert-OH is 2. The summed E-state index contributed by atoms with van der Waals surface area (Å²) in [6.07, 6.45) is 6.83. The maximum Gasteiger partial charge on any atom is 0.187 e. The molecule has 0 amide bonds. The number of piperidine rings is 1. The van der Waals surface area contributed by atoms with E-state index in [1.165, 1.54) is 0 Å². The van der Waals surface area contributed by atoms with Gasteiger partial charge in [-0.3, -0.25) is 0 Å². The lowest BCUT2D eigenvalue weighted by atomic mass is 10.1. The first kappa shape index (κ1) is 19.4. The Morgan fingerprint density at radius 1 is 1.15 bits per heavy atom. The second-order valence-electron chi connectivity index (χ2n) is 6.71. The van der Waals surface area contributed by atoms with Crippen LogP contribution in [0.1, 0.15) is 12.8 Å². The summed E-state index contributed by atoms with van der Waals surface area (Å²) in [6, 6.07) is 5.31. The second-order valence-corrected chi connectivity index (χ2v) is 7.52. The first-order chi connectivity index (χ1) is 12.5. The highest BCUT2D eigenvalue weighted by Gasteiger charge is 2.23. The fourth-order valence-electron chi connectivity index (χ4n) is 3.27. The average molecular weight is 399 g/mol. The number of likely N-dealkylation sites (tertiary alicyclic amines) is 1. The number of hydrogen-bond donors (Lipinski definition) is 2. The van der Waals surface area contributed by atoms with E-state index < -0.39 is 6.10 Å². The minimum Gasteiger partial charge on any atom is -0.495 e. The lowest BCUT2D eigenvalue weighted by molar-refractivity contribution is 0.0430. The Hall–Kier alpha value is -1.40. The van der Waals surface area contributed by atoms with Crippen molar-refractivity contribution in [2.24, 2.45) is 0 Å². The molecule has 0 aliphatic carbocycles. The minimum absolute atomic E-state index is 0.139. The molecule has 1 aromatic carbocycles. The summed E-state index contributed by atoms with van der Waals surface area (Å²) in [7, 11) is 0. The number of rotatable bonds is 6. The molecule has 7 heteroatoms. The van der Waals surface area contributed by atoms with Gasteiger partial charge >= 0.3 is 0 Å². The van der Waals surface area contributed by atoms with Crippen molar-refractivity contribution in [3.8, 4) is 5.75 Å². The molecule has 0 unspecified atom stereocenters. The number of ether oxygens (including phenoxy) is 1. The highest BCUT2D eigenvalue weighted by Crippen LogP contribution is 2.28. The van der Waals surface area contributed by atoms with Gasteiger partial charge in [0.2, 0.25) is 0 Å². The molecule has 1 aromatic rings. The molecule has 1 fully saturated rings. The molecular formula is C19H24Cl2N2O3. The van der Waals surface area contributed by atoms with E-state index in [-0.39, 0.29) is 12.0 Å². The number of halogens is 2. The van der Waals surface area contributed by atoms with Crippen molar-refractivity contribution >= 4 is 23.2 Å². The first-order valence-electron chi connectivity index (χ1n) is 8.84. The summed E-state index contributed by atoms with van der Waals surface area (Å²) in [6.45, 7) is 3.37. The smallest absolute Gasteiger partial charge is 0.187 e. The van der Waals surface area contributed by atoms with Crippen LogP contribution in [0.25, 0.3) is 0 Å². The lowest BCUT2D eigenvalue weighted by Gasteiger charge is -2.34. The van der Waals surface area contributed by atoms with E-state index in [9.17, 15) is 10.2 Å². The van der Waals surface area contributed by atoms with Gasteiger partial charge in [0.15, 0.2) is 5.88 Å². The van der Waals surface area contributed by atoms with Crippen molar-refractivity contribution < 1.29 is 14.9 Å². The third kappa shape index (κ3) is 5.30. The van der Waals surface area contributed by atoms with Gasteiger partial charge in [0.05, 0.1) is 16.1 Å². The van der Waals surface area contributed by atoms with E-state index in [2.05, 4.69) is 4.90 Å². The SMILES string of the molecule is OC1=CC=CCN1C[C@H](O)CN1CCC(Oc2ccc(Cl)c(Cl)c2)CC1. The van der Waals surface area contributed by atoms with Crippen LogP contribution in [0.2, 0.25) is 10.0 Å². The molecule has 0 aromatic heterocycles. The van der Waals surface area contributed by atoms with Gasteiger partial charge in [-0.25, -0.2) is 0 Å². The number of benzene rings is 1. The van der Waals surface area contributed by atoms with E-state index in [1.54, 1.807) is 23.1 Å². The number of hydrogen-bond acceptors (Lipinski definition) is 5. The summed E-state index contributed by atoms with van der Waals surface area (Å²) < 4.78 is 5.99. The third-order valence-corrected chi connectivity index (χ3v) is 5.40. The molecule has 5 nitrogen and oxygen atoms in total. The second kappa shape index (κ2) is 9.00. The van der Waals surface area contributed by atoms with Crippen molar-refractivity contribution in [3.63, 3.8) is 0 Å². The summed E-state index contributed by atoms with van der Waals surface area (Å²) in [5, 5.41) is 21.2. The predicted octanol–water partition coefficient (Wildman–Crippen LogP) is 3.47. The molecule has 3 rings (SSSR count). The molecule has 2 N–H and O–H groups in total. The normalized spacial score (nSPS) is 20.1. The number of aliphatic hydroxyl groups is 2. The van der Waals surface area contributed by atoms with Crippen LogP contribution in [-0.2, 0) is 0 Å². The fourth-order valence-corrected chi connectivity index (χ4v) is 3.56. The van der Waals surface area contributed by atoms with Gasteiger partial charge in [0.1, 0.15) is 11.9 Å². The fraction of sp³-hybridized carbons (Fsp3) is 0.474. The first-order valence-corrected chi connectivity index (χ1v) is 9.59. The van der Waals surface area contributed by atoms with Gasteiger partial charge in [-0.15, -0.1) is 0 Å². The highest BCUT2D eigenvalue weighted by molar-refractivity contribution is 6.42. The molecular weight excluding hydrogens is 375 g/mol. The van der Waals surface area contributed by atoms with E-state index in [4.69, 9.17) is 27.9 Å². The van der Waals surface area contributed by atoms with Crippen molar-refractivity contribution in [2.75, 3.05) is 32.7 Å². The standard InChI is InChI=1S/C19H24Cl2N2O3/c20-17-5-4-16(11-18(17)21)26-15-6-9-22(10-7-15)12-14(24)13-23-8-2-1-3-19(23)25/h1-5,11,14-15,24-25H,6-10,12-13H2/t14-/m1/s1. The lowest BCUT2D eigenvalue weighted by Crippen LogP contribution is -2.45. The van der Waals surface area contributed by atoms with Crippen molar-refractivity contribution in [1.82, 2.24) is 9.80 Å². The molecule has 0 bridgehead atoms. The number of β-amino-alcohol motifs (C(OH)–C–C–N with tert-alkyl or cyclic N) is 1. The molecule has 0 spiro atoms. The van der Waals surface area contributed by atoms with Crippen molar-refractivity contribution in [3.05, 3.63) is 52.4 Å². The minimum atomic E-state index is -0.510. The van der Waals surface area contributed by atoms with Gasteiger partial charge < -0.3 is 24.7 Å². The number of nitrogens with zero attached hydrogens (tertiary/aromatic N) is 2. The van der Waals surface area contributed by atoms with E-state index in [0.717, 1.165) is 31.7 Å². The molecule has 26 heavy (non-hydrogen) atoms. The van der Waals surface area contributed by atoms with E-state index >= 15 is 0 Å². The van der Waals surface area contributed by atoms with Gasteiger partial charge in [0.25, 0.3) is 0 Å². The topological polar surface area (TPSA) is 56.2 Å². The Balaban J connectivity index is 1.41. The zero-order chi connectivity index (χ0) is 18.5. The van der Waals surface area contributed by atoms with Gasteiger partial charge in [-0.05, 0) is 31.1 Å². The van der Waals surface area contributed by atoms with E-state index in [1.807, 2.05) is 18.2 Å². The van der Waals surface area contributed by atoms with Crippen LogP contribution < -0.4 is 4.74 Å². The largest absolute Gasteiger partial charge is 0.495 e. The summed E-state index contributed by atoms with van der Waals surface area (Å²) in [5.74, 6) is 0.943. The zero-order valence-corrected chi connectivity index (χ0v) is 16.0.